The summed E-state index contributed by atoms with van der Waals surface area (Å²) < 4.78 is 27.0. The zero-order valence-corrected chi connectivity index (χ0v) is 10.2. The van der Waals surface area contributed by atoms with Crippen molar-refractivity contribution >= 4 is 11.5 Å². The molecule has 0 heterocycles. The zero-order chi connectivity index (χ0) is 12.8. The van der Waals surface area contributed by atoms with E-state index in [1.165, 1.54) is 17.9 Å². The Morgan fingerprint density at radius 1 is 1.29 bits per heavy atom. The molecule has 0 aromatic heterocycles. The molecule has 2 rings (SSSR count). The molecule has 1 fully saturated rings. The van der Waals surface area contributed by atoms with Crippen LogP contribution in [0.5, 0.6) is 0 Å². The first-order valence-corrected chi connectivity index (χ1v) is 5.57. The standard InChI is InChI=1S/C13H15F2NO/c1-8(17)13(6-7-13)9-4-5-10(14)11(15)12(9)16(2)3/h4-5H,6-7H2,1-3H3. The van der Waals surface area contributed by atoms with Gasteiger partial charge < -0.3 is 4.90 Å². The van der Waals surface area contributed by atoms with Crippen LogP contribution >= 0.6 is 0 Å². The number of carbonyl (C=O) groups excluding carboxylic acids is 1. The number of Topliss-reactive ketones (excluding diaryl/α,β-unsaturated/α-hetero) is 1. The third-order valence-electron chi connectivity index (χ3n) is 3.46. The SMILES string of the molecule is CC(=O)C1(c2ccc(F)c(F)c2N(C)C)CC1. The molecule has 2 nitrogen and oxygen atoms in total. The molecule has 1 aromatic carbocycles. The molecule has 4 heteroatoms. The maximum Gasteiger partial charge on any atom is 0.182 e. The lowest BCUT2D eigenvalue weighted by atomic mass is 9.90. The Labute approximate surface area is 99.2 Å². The van der Waals surface area contributed by atoms with Crippen molar-refractivity contribution in [3.8, 4) is 0 Å². The molecule has 0 saturated heterocycles. The fourth-order valence-electron chi connectivity index (χ4n) is 2.30. The van der Waals surface area contributed by atoms with Crippen molar-refractivity contribution in [2.75, 3.05) is 19.0 Å². The number of anilines is 1. The van der Waals surface area contributed by atoms with E-state index in [9.17, 15) is 13.6 Å². The highest BCUT2D eigenvalue weighted by molar-refractivity contribution is 5.93. The monoisotopic (exact) mass is 239 g/mol. The van der Waals surface area contributed by atoms with E-state index in [0.29, 0.717) is 18.4 Å². The number of ketones is 1. The summed E-state index contributed by atoms with van der Waals surface area (Å²) in [5, 5.41) is 0. The molecule has 0 bridgehead atoms. The van der Waals surface area contributed by atoms with E-state index >= 15 is 0 Å². The van der Waals surface area contributed by atoms with Gasteiger partial charge >= 0.3 is 0 Å². The van der Waals surface area contributed by atoms with Gasteiger partial charge in [0.1, 0.15) is 5.78 Å². The summed E-state index contributed by atoms with van der Waals surface area (Å²) in [7, 11) is 3.30. The van der Waals surface area contributed by atoms with Gasteiger partial charge in [0.05, 0.1) is 11.1 Å². The predicted molar refractivity (Wildman–Crippen MR) is 62.3 cm³/mol. The second kappa shape index (κ2) is 3.79. The van der Waals surface area contributed by atoms with Gasteiger partial charge in [0.15, 0.2) is 11.6 Å². The minimum Gasteiger partial charge on any atom is -0.375 e. The maximum absolute atomic E-state index is 13.8. The Bertz CT molecular complexity index is 479. The Balaban J connectivity index is 2.63. The Kier molecular flexibility index (Phi) is 2.68. The van der Waals surface area contributed by atoms with Crippen LogP contribution in [-0.2, 0) is 10.2 Å². The second-order valence-electron chi connectivity index (χ2n) is 4.79. The molecule has 0 unspecified atom stereocenters. The first kappa shape index (κ1) is 12.0. The number of hydrogen-bond donors (Lipinski definition) is 0. The van der Waals surface area contributed by atoms with Gasteiger partial charge in [0, 0.05) is 14.1 Å². The van der Waals surface area contributed by atoms with Crippen molar-refractivity contribution in [2.24, 2.45) is 0 Å². The van der Waals surface area contributed by atoms with Crippen molar-refractivity contribution in [3.05, 3.63) is 29.3 Å². The highest BCUT2D eigenvalue weighted by Gasteiger charge is 2.50. The number of nitrogens with zero attached hydrogens (tertiary/aromatic N) is 1. The third-order valence-corrected chi connectivity index (χ3v) is 3.46. The molecular weight excluding hydrogens is 224 g/mol. The van der Waals surface area contributed by atoms with Gasteiger partial charge in [-0.1, -0.05) is 6.07 Å². The van der Waals surface area contributed by atoms with Crippen molar-refractivity contribution in [3.63, 3.8) is 0 Å². The number of hydrogen-bond acceptors (Lipinski definition) is 2. The van der Waals surface area contributed by atoms with Crippen LogP contribution in [0.25, 0.3) is 0 Å². The smallest absolute Gasteiger partial charge is 0.182 e. The quantitative estimate of drug-likeness (QED) is 0.808. The summed E-state index contributed by atoms with van der Waals surface area (Å²) in [5.74, 6) is -1.73. The third kappa shape index (κ3) is 1.72. The number of halogens is 2. The minimum absolute atomic E-state index is 0.0200. The van der Waals surface area contributed by atoms with Crippen LogP contribution in [0.15, 0.2) is 12.1 Å². The van der Waals surface area contributed by atoms with E-state index in [2.05, 4.69) is 0 Å². The van der Waals surface area contributed by atoms with Crippen LogP contribution in [0, 0.1) is 11.6 Å². The zero-order valence-electron chi connectivity index (χ0n) is 10.2. The van der Waals surface area contributed by atoms with Crippen molar-refractivity contribution in [1.29, 1.82) is 0 Å². The highest BCUT2D eigenvalue weighted by atomic mass is 19.2. The van der Waals surface area contributed by atoms with Gasteiger partial charge in [-0.2, -0.15) is 0 Å². The Hall–Kier alpha value is -1.45. The van der Waals surface area contributed by atoms with E-state index in [0.717, 1.165) is 6.07 Å². The van der Waals surface area contributed by atoms with E-state index in [-0.39, 0.29) is 11.5 Å². The molecule has 1 aromatic rings. The Morgan fingerprint density at radius 3 is 2.29 bits per heavy atom. The molecule has 1 aliphatic rings. The molecule has 0 aliphatic heterocycles. The van der Waals surface area contributed by atoms with E-state index < -0.39 is 17.0 Å². The van der Waals surface area contributed by atoms with Crippen molar-refractivity contribution in [2.45, 2.75) is 25.2 Å². The van der Waals surface area contributed by atoms with E-state index in [4.69, 9.17) is 0 Å². The lowest BCUT2D eigenvalue weighted by molar-refractivity contribution is -0.119. The van der Waals surface area contributed by atoms with Gasteiger partial charge in [-0.3, -0.25) is 4.79 Å². The normalized spacial score (nSPS) is 16.8. The van der Waals surface area contributed by atoms with Crippen molar-refractivity contribution < 1.29 is 13.6 Å². The predicted octanol–water partition coefficient (Wildman–Crippen LogP) is 2.65. The highest BCUT2D eigenvalue weighted by Crippen LogP contribution is 2.52. The van der Waals surface area contributed by atoms with Crippen LogP contribution in [-0.4, -0.2) is 19.9 Å². The van der Waals surface area contributed by atoms with E-state index in [1.54, 1.807) is 14.1 Å². The van der Waals surface area contributed by atoms with Gasteiger partial charge in [-0.25, -0.2) is 8.78 Å². The van der Waals surface area contributed by atoms with Crippen LogP contribution in [0.3, 0.4) is 0 Å². The number of rotatable bonds is 3. The largest absolute Gasteiger partial charge is 0.375 e. The topological polar surface area (TPSA) is 20.3 Å². The Morgan fingerprint density at radius 2 is 1.88 bits per heavy atom. The molecule has 92 valence electrons. The van der Waals surface area contributed by atoms with Crippen molar-refractivity contribution in [1.82, 2.24) is 0 Å². The average Bonchev–Trinajstić information content (AvgIpc) is 3.02. The van der Waals surface area contributed by atoms with Crippen LogP contribution in [0.2, 0.25) is 0 Å². The number of benzene rings is 1. The minimum atomic E-state index is -0.878. The molecule has 0 N–H and O–H groups in total. The molecule has 1 aliphatic carbocycles. The lowest BCUT2D eigenvalue weighted by Gasteiger charge is -2.23. The lowest BCUT2D eigenvalue weighted by Crippen LogP contribution is -2.23. The molecule has 1 saturated carbocycles. The fraction of sp³-hybridized carbons (Fsp3) is 0.462. The summed E-state index contributed by atoms with van der Waals surface area (Å²) >= 11 is 0. The molecule has 0 amide bonds. The van der Waals surface area contributed by atoms with Gasteiger partial charge in [0.25, 0.3) is 0 Å². The first-order chi connectivity index (χ1) is 7.90. The molecule has 0 spiro atoms. The maximum atomic E-state index is 13.8. The van der Waals surface area contributed by atoms with Crippen LogP contribution in [0.1, 0.15) is 25.3 Å². The van der Waals surface area contributed by atoms with Gasteiger partial charge in [0.2, 0.25) is 0 Å². The van der Waals surface area contributed by atoms with Gasteiger partial charge in [-0.05, 0) is 31.4 Å². The first-order valence-electron chi connectivity index (χ1n) is 5.57. The second-order valence-corrected chi connectivity index (χ2v) is 4.79. The molecular formula is C13H15F2NO. The summed E-state index contributed by atoms with van der Waals surface area (Å²) in [6, 6.07) is 2.63. The van der Waals surface area contributed by atoms with Crippen LogP contribution < -0.4 is 4.90 Å². The molecule has 0 radical (unpaired) electrons. The average molecular weight is 239 g/mol. The molecule has 17 heavy (non-hydrogen) atoms. The summed E-state index contributed by atoms with van der Waals surface area (Å²) in [5.41, 5.74) is 0.209. The van der Waals surface area contributed by atoms with Gasteiger partial charge in [-0.15, -0.1) is 0 Å². The summed E-state index contributed by atoms with van der Waals surface area (Å²) in [6.07, 6.45) is 1.43. The molecule has 0 atom stereocenters. The summed E-state index contributed by atoms with van der Waals surface area (Å²) in [6.45, 7) is 1.51. The van der Waals surface area contributed by atoms with E-state index in [1.807, 2.05) is 0 Å². The number of carbonyl (C=O) groups is 1. The summed E-state index contributed by atoms with van der Waals surface area (Å²) in [4.78, 5) is 13.2. The van der Waals surface area contributed by atoms with Crippen LogP contribution in [0.4, 0.5) is 14.5 Å². The fourth-order valence-corrected chi connectivity index (χ4v) is 2.30.